The van der Waals surface area contributed by atoms with Crippen molar-refractivity contribution in [1.82, 2.24) is 0 Å². The zero-order valence-electron chi connectivity index (χ0n) is 11.4. The second-order valence-corrected chi connectivity index (χ2v) is 5.05. The SMILES string of the molecule is [N-]=[N+]=NC1=NOCC1c1cccc(Oc2ccc(Cl)cc2)c1. The lowest BCUT2D eigenvalue weighted by Crippen LogP contribution is -2.08. The molecule has 1 aliphatic rings. The van der Waals surface area contributed by atoms with E-state index in [4.69, 9.17) is 26.7 Å². The fourth-order valence-corrected chi connectivity index (χ4v) is 2.25. The average Bonchev–Trinajstić information content (AvgIpc) is 2.99. The molecule has 0 saturated heterocycles. The van der Waals surface area contributed by atoms with Gasteiger partial charge in [-0.2, -0.15) is 0 Å². The molecule has 1 aliphatic heterocycles. The van der Waals surface area contributed by atoms with Gasteiger partial charge in [-0.1, -0.05) is 28.9 Å². The number of hydrogen-bond acceptors (Lipinski definition) is 4. The van der Waals surface area contributed by atoms with Gasteiger partial charge >= 0.3 is 0 Å². The first-order chi connectivity index (χ1) is 10.8. The van der Waals surface area contributed by atoms with Crippen molar-refractivity contribution in [1.29, 1.82) is 0 Å². The molecule has 0 aromatic heterocycles. The zero-order chi connectivity index (χ0) is 15.4. The summed E-state index contributed by atoms with van der Waals surface area (Å²) in [7, 11) is 0. The van der Waals surface area contributed by atoms with Gasteiger partial charge in [-0.05, 0) is 52.6 Å². The Morgan fingerprint density at radius 2 is 2.05 bits per heavy atom. The molecule has 2 aromatic rings. The van der Waals surface area contributed by atoms with E-state index >= 15 is 0 Å². The maximum Gasteiger partial charge on any atom is 0.154 e. The van der Waals surface area contributed by atoms with E-state index in [-0.39, 0.29) is 5.92 Å². The molecule has 6 nitrogen and oxygen atoms in total. The van der Waals surface area contributed by atoms with Gasteiger partial charge in [0, 0.05) is 9.93 Å². The largest absolute Gasteiger partial charge is 0.457 e. The van der Waals surface area contributed by atoms with E-state index in [0.717, 1.165) is 5.56 Å². The summed E-state index contributed by atoms with van der Waals surface area (Å²) in [5.74, 6) is 1.50. The van der Waals surface area contributed by atoms with Crippen molar-refractivity contribution in [2.24, 2.45) is 10.3 Å². The molecule has 1 atom stereocenters. The van der Waals surface area contributed by atoms with Crippen LogP contribution < -0.4 is 4.74 Å². The quantitative estimate of drug-likeness (QED) is 0.460. The van der Waals surface area contributed by atoms with Crippen molar-refractivity contribution in [2.45, 2.75) is 5.92 Å². The number of benzene rings is 2. The Morgan fingerprint density at radius 3 is 2.82 bits per heavy atom. The molecule has 0 saturated carbocycles. The van der Waals surface area contributed by atoms with Crippen LogP contribution in [0.2, 0.25) is 5.02 Å². The van der Waals surface area contributed by atoms with Gasteiger partial charge in [0.25, 0.3) is 0 Å². The third kappa shape index (κ3) is 3.14. The highest BCUT2D eigenvalue weighted by atomic mass is 35.5. The summed E-state index contributed by atoms with van der Waals surface area (Å²) >= 11 is 5.85. The number of hydrogen-bond donors (Lipinski definition) is 0. The molecule has 22 heavy (non-hydrogen) atoms. The van der Waals surface area contributed by atoms with Gasteiger partial charge in [-0.3, -0.25) is 0 Å². The van der Waals surface area contributed by atoms with Crippen LogP contribution in [0.15, 0.2) is 58.8 Å². The molecule has 7 heteroatoms. The Hall–Kier alpha value is -2.69. The highest BCUT2D eigenvalue weighted by molar-refractivity contribution is 6.30. The molecule has 3 rings (SSSR count). The van der Waals surface area contributed by atoms with Gasteiger partial charge < -0.3 is 9.57 Å². The minimum atomic E-state index is -0.190. The van der Waals surface area contributed by atoms with Crippen LogP contribution in [0.4, 0.5) is 0 Å². The number of amidine groups is 1. The van der Waals surface area contributed by atoms with E-state index in [1.165, 1.54) is 0 Å². The second-order valence-electron chi connectivity index (χ2n) is 4.62. The number of rotatable bonds is 3. The summed E-state index contributed by atoms with van der Waals surface area (Å²) in [5, 5.41) is 7.95. The Balaban J connectivity index is 1.82. The van der Waals surface area contributed by atoms with Gasteiger partial charge in [0.2, 0.25) is 0 Å². The predicted octanol–water partition coefficient (Wildman–Crippen LogP) is 4.87. The number of oxime groups is 1. The van der Waals surface area contributed by atoms with Gasteiger partial charge in [0.05, 0.1) is 5.92 Å². The van der Waals surface area contributed by atoms with Crippen molar-refractivity contribution >= 4 is 17.4 Å². The lowest BCUT2D eigenvalue weighted by Gasteiger charge is -2.11. The van der Waals surface area contributed by atoms with E-state index in [2.05, 4.69) is 15.2 Å². The molecule has 1 unspecified atom stereocenters. The van der Waals surface area contributed by atoms with E-state index in [9.17, 15) is 0 Å². The Bertz CT molecular complexity index is 754. The van der Waals surface area contributed by atoms with Gasteiger partial charge in [-0.25, -0.2) is 0 Å². The molecule has 0 N–H and O–H groups in total. The Morgan fingerprint density at radius 1 is 1.23 bits per heavy atom. The Kier molecular flexibility index (Phi) is 4.14. The number of halogens is 1. The van der Waals surface area contributed by atoms with Crippen LogP contribution in [0.5, 0.6) is 11.5 Å². The summed E-state index contributed by atoms with van der Waals surface area (Å²) in [6.45, 7) is 0.346. The number of nitrogens with zero attached hydrogens (tertiary/aromatic N) is 4. The van der Waals surface area contributed by atoms with E-state index < -0.39 is 0 Å². The number of ether oxygens (including phenoxy) is 1. The summed E-state index contributed by atoms with van der Waals surface area (Å²) in [6, 6.07) is 14.6. The Labute approximate surface area is 131 Å². The molecule has 0 aliphatic carbocycles. The van der Waals surface area contributed by atoms with E-state index in [1.807, 2.05) is 24.3 Å². The molecule has 0 bridgehead atoms. The van der Waals surface area contributed by atoms with E-state index in [0.29, 0.717) is 29.0 Å². The van der Waals surface area contributed by atoms with Crippen molar-refractivity contribution < 1.29 is 9.57 Å². The van der Waals surface area contributed by atoms with Crippen LogP contribution in [-0.2, 0) is 4.84 Å². The average molecular weight is 315 g/mol. The maximum absolute atomic E-state index is 8.55. The fraction of sp³-hybridized carbons (Fsp3) is 0.133. The second kappa shape index (κ2) is 6.39. The monoisotopic (exact) mass is 314 g/mol. The van der Waals surface area contributed by atoms with Crippen molar-refractivity contribution in [2.75, 3.05) is 6.61 Å². The van der Waals surface area contributed by atoms with Crippen LogP contribution in [0, 0.1) is 0 Å². The summed E-state index contributed by atoms with van der Waals surface area (Å²) in [5.41, 5.74) is 9.46. The van der Waals surface area contributed by atoms with Gasteiger partial charge in [0.1, 0.15) is 18.1 Å². The van der Waals surface area contributed by atoms with Crippen molar-refractivity contribution in [3.63, 3.8) is 0 Å². The first-order valence-corrected chi connectivity index (χ1v) is 6.92. The van der Waals surface area contributed by atoms with Crippen LogP contribution in [0.3, 0.4) is 0 Å². The van der Waals surface area contributed by atoms with Crippen LogP contribution in [0.1, 0.15) is 11.5 Å². The smallest absolute Gasteiger partial charge is 0.154 e. The standard InChI is InChI=1S/C15H11ClN4O2/c16-11-4-6-12(7-5-11)22-13-3-1-2-10(8-13)14-9-21-19-15(14)18-20-17/h1-8,14H,9H2. The first kappa shape index (κ1) is 14.3. The summed E-state index contributed by atoms with van der Waals surface area (Å²) < 4.78 is 5.79. The van der Waals surface area contributed by atoms with Gasteiger partial charge in [0.15, 0.2) is 5.84 Å². The fourth-order valence-electron chi connectivity index (χ4n) is 2.13. The zero-order valence-corrected chi connectivity index (χ0v) is 12.1. The molecule has 0 fully saturated rings. The van der Waals surface area contributed by atoms with Crippen LogP contribution in [-0.4, -0.2) is 12.4 Å². The molecule has 0 spiro atoms. The normalized spacial score (nSPS) is 16.4. The van der Waals surface area contributed by atoms with Crippen LogP contribution in [0.25, 0.3) is 10.4 Å². The third-order valence-electron chi connectivity index (χ3n) is 3.17. The van der Waals surface area contributed by atoms with Crippen LogP contribution >= 0.6 is 11.6 Å². The maximum atomic E-state index is 8.55. The first-order valence-electron chi connectivity index (χ1n) is 6.54. The van der Waals surface area contributed by atoms with Crippen molar-refractivity contribution in [3.05, 3.63) is 69.6 Å². The predicted molar refractivity (Wildman–Crippen MR) is 83.2 cm³/mol. The molecule has 0 radical (unpaired) electrons. The molecular formula is C15H11ClN4O2. The molecular weight excluding hydrogens is 304 g/mol. The minimum absolute atomic E-state index is 0.190. The molecule has 1 heterocycles. The number of azide groups is 1. The molecule has 2 aromatic carbocycles. The topological polar surface area (TPSA) is 79.6 Å². The summed E-state index contributed by atoms with van der Waals surface area (Å²) in [4.78, 5) is 7.78. The summed E-state index contributed by atoms with van der Waals surface area (Å²) in [6.07, 6.45) is 0. The molecule has 0 amide bonds. The lowest BCUT2D eigenvalue weighted by molar-refractivity contribution is 0.166. The van der Waals surface area contributed by atoms with Gasteiger partial charge in [-0.15, -0.1) is 0 Å². The minimum Gasteiger partial charge on any atom is -0.457 e. The molecule has 110 valence electrons. The third-order valence-corrected chi connectivity index (χ3v) is 3.42. The van der Waals surface area contributed by atoms with E-state index in [1.54, 1.807) is 24.3 Å². The highest BCUT2D eigenvalue weighted by Crippen LogP contribution is 2.29. The highest BCUT2D eigenvalue weighted by Gasteiger charge is 2.24. The lowest BCUT2D eigenvalue weighted by atomic mass is 9.99. The van der Waals surface area contributed by atoms with Crippen molar-refractivity contribution in [3.8, 4) is 11.5 Å².